The van der Waals surface area contributed by atoms with Gasteiger partial charge in [0.2, 0.25) is 5.90 Å². The Morgan fingerprint density at radius 2 is 1.91 bits per heavy atom. The molecule has 3 rings (SSSR count). The molecule has 0 saturated heterocycles. The van der Waals surface area contributed by atoms with Crippen LogP contribution >= 0.6 is 11.6 Å². The fraction of sp³-hybridized carbons (Fsp3) is 0.227. The molecule has 1 aliphatic heterocycles. The van der Waals surface area contributed by atoms with Crippen LogP contribution in [0.5, 0.6) is 11.5 Å². The minimum Gasteiger partial charge on any atom is -0.490 e. The molecule has 0 aromatic heterocycles. The number of nitrogens with zero attached hydrogens (tertiary/aromatic N) is 2. The Morgan fingerprint density at radius 1 is 1.18 bits per heavy atom. The molecule has 33 heavy (non-hydrogen) atoms. The lowest BCUT2D eigenvalue weighted by Crippen LogP contribution is -2.15. The number of ether oxygens (including phenoxy) is 4. The van der Waals surface area contributed by atoms with Gasteiger partial charge in [-0.05, 0) is 49.8 Å². The summed E-state index contributed by atoms with van der Waals surface area (Å²) in [7, 11) is 0. The number of benzene rings is 2. The molecule has 1 aliphatic rings. The van der Waals surface area contributed by atoms with Crippen LogP contribution in [-0.2, 0) is 19.1 Å². The van der Waals surface area contributed by atoms with Crippen molar-refractivity contribution in [2.24, 2.45) is 4.99 Å². The molecule has 0 amide bonds. The van der Waals surface area contributed by atoms with Gasteiger partial charge in [-0.1, -0.05) is 11.6 Å². The Labute approximate surface area is 193 Å². The Kier molecular flexibility index (Phi) is 7.62. The van der Waals surface area contributed by atoms with E-state index < -0.39 is 16.9 Å². The predicted octanol–water partition coefficient (Wildman–Crippen LogP) is 3.93. The Bertz CT molecular complexity index is 1140. The third-order valence-electron chi connectivity index (χ3n) is 4.22. The van der Waals surface area contributed by atoms with Crippen LogP contribution in [0.1, 0.15) is 25.0 Å². The molecule has 172 valence electrons. The van der Waals surface area contributed by atoms with Gasteiger partial charge in [0.25, 0.3) is 5.69 Å². The molecular formula is C22H19ClN2O8. The van der Waals surface area contributed by atoms with Crippen molar-refractivity contribution in [1.82, 2.24) is 0 Å². The van der Waals surface area contributed by atoms with Crippen molar-refractivity contribution >= 4 is 41.2 Å². The SMILES string of the molecule is CCOC(=O)COc1c(Cl)cc(/C=C2\N=C(c3ccc([N+](=O)[O-])cc3)OC2=O)cc1OCC. The van der Waals surface area contributed by atoms with Crippen molar-refractivity contribution < 1.29 is 33.5 Å². The van der Waals surface area contributed by atoms with E-state index in [0.29, 0.717) is 17.7 Å². The van der Waals surface area contributed by atoms with Crippen LogP contribution in [-0.4, -0.2) is 42.6 Å². The first-order valence-electron chi connectivity index (χ1n) is 9.84. The number of non-ortho nitro benzene ring substituents is 1. The van der Waals surface area contributed by atoms with E-state index in [-0.39, 0.29) is 47.0 Å². The topological polar surface area (TPSA) is 127 Å². The average molecular weight is 475 g/mol. The maximum atomic E-state index is 12.3. The van der Waals surface area contributed by atoms with Crippen molar-refractivity contribution in [3.8, 4) is 11.5 Å². The zero-order valence-electron chi connectivity index (χ0n) is 17.7. The third-order valence-corrected chi connectivity index (χ3v) is 4.50. The van der Waals surface area contributed by atoms with E-state index in [9.17, 15) is 19.7 Å². The molecule has 0 N–H and O–H groups in total. The van der Waals surface area contributed by atoms with E-state index in [1.54, 1.807) is 19.9 Å². The smallest absolute Gasteiger partial charge is 0.363 e. The number of nitro groups is 1. The number of rotatable bonds is 9. The molecule has 0 saturated carbocycles. The highest BCUT2D eigenvalue weighted by Crippen LogP contribution is 2.37. The normalized spacial score (nSPS) is 14.0. The fourth-order valence-corrected chi connectivity index (χ4v) is 3.10. The van der Waals surface area contributed by atoms with E-state index in [1.165, 1.54) is 36.4 Å². The first-order valence-corrected chi connectivity index (χ1v) is 10.2. The second-order valence-corrected chi connectivity index (χ2v) is 6.90. The minimum absolute atomic E-state index is 0.00191. The molecule has 0 fully saturated rings. The minimum atomic E-state index is -0.694. The van der Waals surface area contributed by atoms with E-state index in [0.717, 1.165) is 0 Å². The second-order valence-electron chi connectivity index (χ2n) is 6.50. The maximum absolute atomic E-state index is 12.3. The van der Waals surface area contributed by atoms with Gasteiger partial charge in [0.1, 0.15) is 0 Å². The van der Waals surface area contributed by atoms with Gasteiger partial charge in [0.05, 0.1) is 23.2 Å². The summed E-state index contributed by atoms with van der Waals surface area (Å²) >= 11 is 6.32. The van der Waals surface area contributed by atoms with Crippen molar-refractivity contribution in [3.05, 3.63) is 68.4 Å². The maximum Gasteiger partial charge on any atom is 0.363 e. The van der Waals surface area contributed by atoms with Crippen molar-refractivity contribution in [2.75, 3.05) is 19.8 Å². The first kappa shape index (κ1) is 23.7. The molecule has 0 radical (unpaired) electrons. The molecule has 0 spiro atoms. The van der Waals surface area contributed by atoms with Crippen LogP contribution in [0.3, 0.4) is 0 Å². The van der Waals surface area contributed by atoms with E-state index in [1.807, 2.05) is 0 Å². The van der Waals surface area contributed by atoms with Gasteiger partial charge < -0.3 is 18.9 Å². The van der Waals surface area contributed by atoms with Crippen molar-refractivity contribution in [3.63, 3.8) is 0 Å². The summed E-state index contributed by atoms with van der Waals surface area (Å²) in [5, 5.41) is 11.0. The van der Waals surface area contributed by atoms with E-state index in [2.05, 4.69) is 4.99 Å². The van der Waals surface area contributed by atoms with Crippen molar-refractivity contribution in [1.29, 1.82) is 0 Å². The number of nitro benzene ring substituents is 1. The summed E-state index contributed by atoms with van der Waals surface area (Å²) in [5.41, 5.74) is 0.797. The molecule has 2 aromatic carbocycles. The van der Waals surface area contributed by atoms with Gasteiger partial charge in [-0.3, -0.25) is 10.1 Å². The van der Waals surface area contributed by atoms with Crippen LogP contribution in [0.25, 0.3) is 6.08 Å². The van der Waals surface area contributed by atoms with Gasteiger partial charge in [-0.15, -0.1) is 0 Å². The number of hydrogen-bond donors (Lipinski definition) is 0. The Hall–Kier alpha value is -3.92. The van der Waals surface area contributed by atoms with Gasteiger partial charge >= 0.3 is 11.9 Å². The van der Waals surface area contributed by atoms with Crippen molar-refractivity contribution in [2.45, 2.75) is 13.8 Å². The highest BCUT2D eigenvalue weighted by molar-refractivity contribution is 6.32. The number of cyclic esters (lactones) is 1. The van der Waals surface area contributed by atoms with Gasteiger partial charge in [-0.2, -0.15) is 0 Å². The van der Waals surface area contributed by atoms with Crippen LogP contribution < -0.4 is 9.47 Å². The number of esters is 2. The highest BCUT2D eigenvalue weighted by atomic mass is 35.5. The van der Waals surface area contributed by atoms with E-state index >= 15 is 0 Å². The van der Waals surface area contributed by atoms with Crippen LogP contribution in [0.4, 0.5) is 5.69 Å². The molecular weight excluding hydrogens is 456 g/mol. The number of aliphatic imine (C=N–C) groups is 1. The number of carbonyl (C=O) groups is 2. The van der Waals surface area contributed by atoms with Gasteiger partial charge in [-0.25, -0.2) is 14.6 Å². The standard InChI is InChI=1S/C22H19ClN2O8/c1-3-30-18-11-13(9-16(23)20(18)32-12-19(26)31-4-2)10-17-22(27)33-21(24-17)14-5-7-15(8-6-14)25(28)29/h5-11H,3-4,12H2,1-2H3/b17-10-. The lowest BCUT2D eigenvalue weighted by atomic mass is 10.1. The fourth-order valence-electron chi connectivity index (χ4n) is 2.82. The van der Waals surface area contributed by atoms with Gasteiger partial charge in [0, 0.05) is 17.7 Å². The zero-order chi connectivity index (χ0) is 24.0. The molecule has 0 bridgehead atoms. The molecule has 0 aliphatic carbocycles. The van der Waals surface area contributed by atoms with Crippen LogP contribution in [0.15, 0.2) is 47.1 Å². The summed E-state index contributed by atoms with van der Waals surface area (Å²) in [5.74, 6) is -0.791. The molecule has 2 aromatic rings. The first-order chi connectivity index (χ1) is 15.8. The number of halogens is 1. The Balaban J connectivity index is 1.87. The Morgan fingerprint density at radius 3 is 2.55 bits per heavy atom. The largest absolute Gasteiger partial charge is 0.490 e. The van der Waals surface area contributed by atoms with Crippen LogP contribution in [0.2, 0.25) is 5.02 Å². The summed E-state index contributed by atoms with van der Waals surface area (Å²) in [6.07, 6.45) is 1.45. The van der Waals surface area contributed by atoms with Crippen LogP contribution in [0, 0.1) is 10.1 Å². The third kappa shape index (κ3) is 5.86. The molecule has 0 atom stereocenters. The van der Waals surface area contributed by atoms with Gasteiger partial charge in [0.15, 0.2) is 23.8 Å². The quantitative estimate of drug-likeness (QED) is 0.231. The second kappa shape index (κ2) is 10.6. The zero-order valence-corrected chi connectivity index (χ0v) is 18.5. The lowest BCUT2D eigenvalue weighted by molar-refractivity contribution is -0.384. The molecule has 1 heterocycles. The summed E-state index contributed by atoms with van der Waals surface area (Å²) in [4.78, 5) is 38.3. The molecule has 0 unspecified atom stereocenters. The van der Waals surface area contributed by atoms with E-state index in [4.69, 9.17) is 30.5 Å². The number of hydrogen-bond acceptors (Lipinski definition) is 9. The molecule has 10 nitrogen and oxygen atoms in total. The highest BCUT2D eigenvalue weighted by Gasteiger charge is 2.25. The summed E-state index contributed by atoms with van der Waals surface area (Å²) < 4.78 is 21.0. The summed E-state index contributed by atoms with van der Waals surface area (Å²) in [6, 6.07) is 8.55. The number of carbonyl (C=O) groups excluding carboxylic acids is 2. The summed E-state index contributed by atoms with van der Waals surface area (Å²) in [6.45, 7) is 3.63. The molecule has 11 heteroatoms. The monoisotopic (exact) mass is 474 g/mol. The predicted molar refractivity (Wildman–Crippen MR) is 118 cm³/mol. The average Bonchev–Trinajstić information content (AvgIpc) is 3.14. The lowest BCUT2D eigenvalue weighted by Gasteiger charge is -2.14.